The van der Waals surface area contributed by atoms with E-state index in [2.05, 4.69) is 35.2 Å². The van der Waals surface area contributed by atoms with Gasteiger partial charge in [-0.05, 0) is 24.9 Å². The number of rotatable bonds is 7. The third kappa shape index (κ3) is 3.50. The zero-order valence-corrected chi connectivity index (χ0v) is 13.4. The highest BCUT2D eigenvalue weighted by Gasteiger charge is 2.46. The molecule has 4 nitrogen and oxygen atoms in total. The summed E-state index contributed by atoms with van der Waals surface area (Å²) in [6.45, 7) is 4.70. The number of aryl methyl sites for hydroxylation is 1. The molecule has 0 aliphatic carbocycles. The lowest BCUT2D eigenvalue weighted by Gasteiger charge is -2.43. The molecule has 0 saturated carbocycles. The summed E-state index contributed by atoms with van der Waals surface area (Å²) in [5.74, 6) is 0.948. The van der Waals surface area contributed by atoms with Gasteiger partial charge in [0.15, 0.2) is 0 Å². The maximum absolute atomic E-state index is 12.1. The summed E-state index contributed by atoms with van der Waals surface area (Å²) in [7, 11) is 1.65. The predicted octanol–water partition coefficient (Wildman–Crippen LogP) is 1.80. The Balaban J connectivity index is 1.39. The van der Waals surface area contributed by atoms with Gasteiger partial charge in [0.05, 0.1) is 13.0 Å². The van der Waals surface area contributed by atoms with Crippen molar-refractivity contribution in [2.24, 2.45) is 5.92 Å². The summed E-state index contributed by atoms with van der Waals surface area (Å²) >= 11 is 0. The summed E-state index contributed by atoms with van der Waals surface area (Å²) in [6.07, 6.45) is 2.86. The Hall–Kier alpha value is -1.39. The molecular weight excluding hydrogens is 276 g/mol. The van der Waals surface area contributed by atoms with Crippen LogP contribution in [0.15, 0.2) is 30.3 Å². The van der Waals surface area contributed by atoms with E-state index in [1.165, 1.54) is 12.0 Å². The van der Waals surface area contributed by atoms with E-state index in [0.717, 1.165) is 32.6 Å². The largest absolute Gasteiger partial charge is 0.384 e. The van der Waals surface area contributed by atoms with Crippen molar-refractivity contribution in [2.45, 2.75) is 25.3 Å². The highest BCUT2D eigenvalue weighted by molar-refractivity contribution is 5.76. The standard InChI is InChI=1S/C18H26N2O2/c1-22-11-9-18(21)20-13-16-12-19(17(16)14-20)10-5-8-15-6-3-2-4-7-15/h2-4,6-7,16-17H,5,8-14H2,1H3. The number of ether oxygens (including phenoxy) is 1. The molecule has 0 spiro atoms. The molecule has 4 heteroatoms. The normalized spacial score (nSPS) is 24.1. The molecule has 120 valence electrons. The van der Waals surface area contributed by atoms with Crippen LogP contribution in [0.2, 0.25) is 0 Å². The van der Waals surface area contributed by atoms with Crippen molar-refractivity contribution in [3.05, 3.63) is 35.9 Å². The summed E-state index contributed by atoms with van der Waals surface area (Å²) in [4.78, 5) is 16.6. The number of likely N-dealkylation sites (tertiary alicyclic amines) is 2. The molecule has 2 saturated heterocycles. The van der Waals surface area contributed by atoms with Crippen LogP contribution < -0.4 is 0 Å². The van der Waals surface area contributed by atoms with Gasteiger partial charge in [0.25, 0.3) is 0 Å². The first-order chi connectivity index (χ1) is 10.8. The number of carbonyl (C=O) groups is 1. The van der Waals surface area contributed by atoms with E-state index in [1.54, 1.807) is 7.11 Å². The van der Waals surface area contributed by atoms with E-state index < -0.39 is 0 Å². The fourth-order valence-electron chi connectivity index (χ4n) is 3.68. The maximum atomic E-state index is 12.1. The average molecular weight is 302 g/mol. The number of fused-ring (bicyclic) bond motifs is 1. The van der Waals surface area contributed by atoms with E-state index >= 15 is 0 Å². The molecule has 2 fully saturated rings. The number of amides is 1. The van der Waals surface area contributed by atoms with Gasteiger partial charge in [-0.25, -0.2) is 0 Å². The van der Waals surface area contributed by atoms with Crippen LogP contribution in [-0.4, -0.2) is 61.6 Å². The predicted molar refractivity (Wildman–Crippen MR) is 86.7 cm³/mol. The first-order valence-electron chi connectivity index (χ1n) is 8.32. The molecular formula is C18H26N2O2. The Morgan fingerprint density at radius 1 is 1.23 bits per heavy atom. The smallest absolute Gasteiger partial charge is 0.224 e. The van der Waals surface area contributed by atoms with E-state index in [-0.39, 0.29) is 5.91 Å². The molecule has 0 radical (unpaired) electrons. The van der Waals surface area contributed by atoms with E-state index in [9.17, 15) is 4.79 Å². The third-order valence-electron chi connectivity index (χ3n) is 4.97. The van der Waals surface area contributed by atoms with Crippen molar-refractivity contribution in [3.8, 4) is 0 Å². The molecule has 2 heterocycles. The highest BCUT2D eigenvalue weighted by atomic mass is 16.5. The molecule has 0 N–H and O–H groups in total. The molecule has 1 amide bonds. The minimum absolute atomic E-state index is 0.250. The monoisotopic (exact) mass is 302 g/mol. The molecule has 2 aliphatic rings. The Morgan fingerprint density at radius 3 is 2.82 bits per heavy atom. The van der Waals surface area contributed by atoms with Crippen LogP contribution in [0.25, 0.3) is 0 Å². The topological polar surface area (TPSA) is 32.8 Å². The first kappa shape index (κ1) is 15.5. The molecule has 1 aromatic rings. The lowest BCUT2D eigenvalue weighted by atomic mass is 9.91. The summed E-state index contributed by atoms with van der Waals surface area (Å²) < 4.78 is 5.00. The first-order valence-corrected chi connectivity index (χ1v) is 8.32. The van der Waals surface area contributed by atoms with Crippen molar-refractivity contribution in [1.82, 2.24) is 9.80 Å². The Kier molecular flexibility index (Phi) is 5.11. The Morgan fingerprint density at radius 2 is 2.05 bits per heavy atom. The lowest BCUT2D eigenvalue weighted by Crippen LogP contribution is -2.55. The van der Waals surface area contributed by atoms with Crippen molar-refractivity contribution >= 4 is 5.91 Å². The van der Waals surface area contributed by atoms with Crippen molar-refractivity contribution in [1.29, 1.82) is 0 Å². The van der Waals surface area contributed by atoms with Gasteiger partial charge in [0.2, 0.25) is 5.91 Å². The van der Waals surface area contributed by atoms with Crippen LogP contribution in [0.3, 0.4) is 0 Å². The second-order valence-corrected chi connectivity index (χ2v) is 6.45. The van der Waals surface area contributed by atoms with Gasteiger partial charge >= 0.3 is 0 Å². The van der Waals surface area contributed by atoms with Crippen molar-refractivity contribution in [2.75, 3.05) is 39.9 Å². The van der Waals surface area contributed by atoms with Crippen LogP contribution in [0.5, 0.6) is 0 Å². The third-order valence-corrected chi connectivity index (χ3v) is 4.97. The van der Waals surface area contributed by atoms with Crippen LogP contribution in [0.4, 0.5) is 0 Å². The molecule has 2 unspecified atom stereocenters. The molecule has 0 aromatic heterocycles. The fourth-order valence-corrected chi connectivity index (χ4v) is 3.68. The van der Waals surface area contributed by atoms with Crippen LogP contribution in [-0.2, 0) is 16.0 Å². The number of nitrogens with zero attached hydrogens (tertiary/aromatic N) is 2. The van der Waals surface area contributed by atoms with Crippen molar-refractivity contribution < 1.29 is 9.53 Å². The van der Waals surface area contributed by atoms with Gasteiger partial charge in [-0.15, -0.1) is 0 Å². The minimum atomic E-state index is 0.250. The summed E-state index contributed by atoms with van der Waals surface area (Å²) in [6, 6.07) is 11.3. The molecule has 1 aromatic carbocycles. The van der Waals surface area contributed by atoms with Gasteiger partial charge in [0.1, 0.15) is 0 Å². The second-order valence-electron chi connectivity index (χ2n) is 6.45. The van der Waals surface area contributed by atoms with Crippen molar-refractivity contribution in [3.63, 3.8) is 0 Å². The molecule has 2 atom stereocenters. The number of carbonyl (C=O) groups excluding carboxylic acids is 1. The minimum Gasteiger partial charge on any atom is -0.384 e. The van der Waals surface area contributed by atoms with Crippen LogP contribution in [0, 0.1) is 5.92 Å². The Labute approximate surface area is 133 Å². The molecule has 2 aliphatic heterocycles. The van der Waals surface area contributed by atoms with Gasteiger partial charge in [-0.1, -0.05) is 30.3 Å². The van der Waals surface area contributed by atoms with E-state index in [4.69, 9.17) is 4.74 Å². The highest BCUT2D eigenvalue weighted by Crippen LogP contribution is 2.32. The quantitative estimate of drug-likeness (QED) is 0.770. The summed E-state index contributed by atoms with van der Waals surface area (Å²) in [5, 5.41) is 0. The number of hydrogen-bond acceptors (Lipinski definition) is 3. The zero-order chi connectivity index (χ0) is 15.4. The van der Waals surface area contributed by atoms with Gasteiger partial charge in [-0.3, -0.25) is 9.69 Å². The van der Waals surface area contributed by atoms with E-state index in [1.807, 2.05) is 4.90 Å². The zero-order valence-electron chi connectivity index (χ0n) is 13.4. The lowest BCUT2D eigenvalue weighted by molar-refractivity contribution is -0.131. The SMILES string of the molecule is COCCC(=O)N1CC2CN(CCCc3ccccc3)C2C1. The van der Waals surface area contributed by atoms with Gasteiger partial charge in [0, 0.05) is 38.7 Å². The van der Waals surface area contributed by atoms with Gasteiger partial charge in [-0.2, -0.15) is 0 Å². The summed E-state index contributed by atoms with van der Waals surface area (Å²) in [5.41, 5.74) is 1.42. The molecule has 22 heavy (non-hydrogen) atoms. The maximum Gasteiger partial charge on any atom is 0.224 e. The van der Waals surface area contributed by atoms with E-state index in [0.29, 0.717) is 25.0 Å². The number of benzene rings is 1. The molecule has 0 bridgehead atoms. The molecule has 3 rings (SSSR count). The van der Waals surface area contributed by atoms with Crippen LogP contribution >= 0.6 is 0 Å². The Bertz CT molecular complexity index is 491. The fraction of sp³-hybridized carbons (Fsp3) is 0.611. The number of hydrogen-bond donors (Lipinski definition) is 0. The second kappa shape index (κ2) is 7.25. The van der Waals surface area contributed by atoms with Gasteiger partial charge < -0.3 is 9.64 Å². The average Bonchev–Trinajstić information content (AvgIpc) is 2.87. The van der Waals surface area contributed by atoms with Crippen LogP contribution in [0.1, 0.15) is 18.4 Å². The number of methoxy groups -OCH3 is 1.